The van der Waals surface area contributed by atoms with Crippen LogP contribution in [0.15, 0.2) is 0 Å². The maximum Gasteiger partial charge on any atom is 0.204 e. The molecule has 3 nitrogen and oxygen atoms in total. The molecule has 0 aliphatic heterocycles. The van der Waals surface area contributed by atoms with Crippen molar-refractivity contribution in [2.24, 2.45) is 5.92 Å². The minimum absolute atomic E-state index is 0.564. The molecular weight excluding hydrogens is 238 g/mol. The molecular formula is C11H19N3S2. The topological polar surface area (TPSA) is 40.7 Å². The SMILES string of the molecule is CCC(Nc1n[nH]c(=S)s1)C1CCCCC1. The zero-order valence-electron chi connectivity index (χ0n) is 9.66. The fourth-order valence-corrected chi connectivity index (χ4v) is 3.39. The van der Waals surface area contributed by atoms with Crippen molar-refractivity contribution in [3.63, 3.8) is 0 Å². The van der Waals surface area contributed by atoms with Crippen LogP contribution >= 0.6 is 23.6 Å². The van der Waals surface area contributed by atoms with Crippen molar-refractivity contribution in [2.75, 3.05) is 5.32 Å². The number of H-pyrrole nitrogens is 1. The zero-order valence-corrected chi connectivity index (χ0v) is 11.3. The highest BCUT2D eigenvalue weighted by atomic mass is 32.1. The van der Waals surface area contributed by atoms with E-state index in [0.717, 1.165) is 21.4 Å². The number of aromatic nitrogens is 2. The molecule has 1 saturated carbocycles. The lowest BCUT2D eigenvalue weighted by Crippen LogP contribution is -2.30. The molecule has 0 saturated heterocycles. The number of nitrogens with one attached hydrogen (secondary N) is 2. The van der Waals surface area contributed by atoms with Gasteiger partial charge in [0.2, 0.25) is 5.13 Å². The Bertz CT molecular complexity index is 365. The first-order valence-corrected chi connectivity index (χ1v) is 7.34. The van der Waals surface area contributed by atoms with Crippen molar-refractivity contribution in [3.05, 3.63) is 3.95 Å². The first kappa shape index (κ1) is 12.0. The lowest BCUT2D eigenvalue weighted by Gasteiger charge is -2.29. The van der Waals surface area contributed by atoms with E-state index in [2.05, 4.69) is 22.4 Å². The molecule has 1 aliphatic carbocycles. The minimum Gasteiger partial charge on any atom is -0.357 e. The first-order valence-electron chi connectivity index (χ1n) is 6.11. The second-order valence-corrected chi connectivity index (χ2v) is 6.14. The van der Waals surface area contributed by atoms with E-state index in [1.807, 2.05) is 0 Å². The Kier molecular flexibility index (Phi) is 4.35. The van der Waals surface area contributed by atoms with Gasteiger partial charge in [-0.3, -0.25) is 5.10 Å². The Morgan fingerprint density at radius 2 is 2.25 bits per heavy atom. The van der Waals surface area contributed by atoms with Gasteiger partial charge >= 0.3 is 0 Å². The van der Waals surface area contributed by atoms with E-state index < -0.39 is 0 Å². The molecule has 90 valence electrons. The molecule has 1 atom stereocenters. The summed E-state index contributed by atoms with van der Waals surface area (Å²) in [6.07, 6.45) is 8.08. The van der Waals surface area contributed by atoms with Gasteiger partial charge in [-0.1, -0.05) is 37.5 Å². The second kappa shape index (κ2) is 5.77. The van der Waals surface area contributed by atoms with Crippen molar-refractivity contribution in [2.45, 2.75) is 51.5 Å². The van der Waals surface area contributed by atoms with E-state index in [0.29, 0.717) is 6.04 Å². The van der Waals surface area contributed by atoms with Gasteiger partial charge in [0.25, 0.3) is 0 Å². The molecule has 0 bridgehead atoms. The van der Waals surface area contributed by atoms with E-state index in [4.69, 9.17) is 12.2 Å². The van der Waals surface area contributed by atoms with Crippen molar-refractivity contribution in [1.29, 1.82) is 0 Å². The van der Waals surface area contributed by atoms with Crippen molar-refractivity contribution in [1.82, 2.24) is 10.2 Å². The van der Waals surface area contributed by atoms with E-state index in [1.54, 1.807) is 0 Å². The summed E-state index contributed by atoms with van der Waals surface area (Å²) < 4.78 is 0.751. The Morgan fingerprint density at radius 1 is 1.50 bits per heavy atom. The van der Waals surface area contributed by atoms with Gasteiger partial charge in [0.15, 0.2) is 3.95 Å². The predicted molar refractivity (Wildman–Crippen MR) is 71.6 cm³/mol. The zero-order chi connectivity index (χ0) is 11.4. The van der Waals surface area contributed by atoms with Crippen molar-refractivity contribution in [3.8, 4) is 0 Å². The molecule has 1 aromatic rings. The van der Waals surface area contributed by atoms with Crippen LogP contribution in [-0.2, 0) is 0 Å². The predicted octanol–water partition coefficient (Wildman–Crippen LogP) is 3.97. The quantitative estimate of drug-likeness (QED) is 0.802. The lowest BCUT2D eigenvalue weighted by molar-refractivity contribution is 0.313. The van der Waals surface area contributed by atoms with Gasteiger partial charge in [0.1, 0.15) is 0 Å². The van der Waals surface area contributed by atoms with Gasteiger partial charge in [-0.05, 0) is 37.4 Å². The number of hydrogen-bond acceptors (Lipinski definition) is 4. The van der Waals surface area contributed by atoms with Crippen LogP contribution in [0.3, 0.4) is 0 Å². The van der Waals surface area contributed by atoms with Gasteiger partial charge in [-0.15, -0.1) is 5.10 Å². The Balaban J connectivity index is 1.96. The maximum absolute atomic E-state index is 5.04. The average Bonchev–Trinajstić information content (AvgIpc) is 2.73. The highest BCUT2D eigenvalue weighted by Gasteiger charge is 2.22. The van der Waals surface area contributed by atoms with E-state index in [1.165, 1.54) is 43.4 Å². The molecule has 2 N–H and O–H groups in total. The largest absolute Gasteiger partial charge is 0.357 e. The summed E-state index contributed by atoms with van der Waals surface area (Å²) in [6.45, 7) is 2.25. The highest BCUT2D eigenvalue weighted by Crippen LogP contribution is 2.29. The van der Waals surface area contributed by atoms with E-state index in [-0.39, 0.29) is 0 Å². The summed E-state index contributed by atoms with van der Waals surface area (Å²) in [5.74, 6) is 0.816. The molecule has 0 amide bonds. The molecule has 0 radical (unpaired) electrons. The van der Waals surface area contributed by atoms with Gasteiger partial charge in [-0.2, -0.15) is 0 Å². The molecule has 0 spiro atoms. The number of rotatable bonds is 4. The van der Waals surface area contributed by atoms with Gasteiger partial charge < -0.3 is 5.32 Å². The molecule has 2 rings (SSSR count). The normalized spacial score (nSPS) is 19.6. The summed E-state index contributed by atoms with van der Waals surface area (Å²) in [7, 11) is 0. The fraction of sp³-hybridized carbons (Fsp3) is 0.818. The molecule has 1 aromatic heterocycles. The fourth-order valence-electron chi connectivity index (χ4n) is 2.54. The van der Waals surface area contributed by atoms with Crippen LogP contribution in [0.25, 0.3) is 0 Å². The number of nitrogens with zero attached hydrogens (tertiary/aromatic N) is 1. The number of aromatic amines is 1. The van der Waals surface area contributed by atoms with Crippen molar-refractivity contribution < 1.29 is 0 Å². The number of anilines is 1. The molecule has 16 heavy (non-hydrogen) atoms. The Labute approximate surface area is 106 Å². The third-order valence-corrected chi connectivity index (χ3v) is 4.43. The van der Waals surface area contributed by atoms with Crippen molar-refractivity contribution >= 4 is 28.7 Å². The summed E-state index contributed by atoms with van der Waals surface area (Å²) >= 11 is 6.57. The van der Waals surface area contributed by atoms with Gasteiger partial charge in [0.05, 0.1) is 0 Å². The van der Waals surface area contributed by atoms with E-state index in [9.17, 15) is 0 Å². The van der Waals surface area contributed by atoms with Crippen LogP contribution in [0.4, 0.5) is 5.13 Å². The standard InChI is InChI=1S/C11H19N3S2/c1-2-9(8-6-4-3-5-7-8)12-10-13-14-11(15)16-10/h8-9H,2-7H2,1H3,(H,12,13)(H,14,15). The van der Waals surface area contributed by atoms with Crippen LogP contribution < -0.4 is 5.32 Å². The average molecular weight is 257 g/mol. The van der Waals surface area contributed by atoms with Gasteiger partial charge in [-0.25, -0.2) is 0 Å². The van der Waals surface area contributed by atoms with Crippen LogP contribution in [0.5, 0.6) is 0 Å². The third kappa shape index (κ3) is 3.04. The van der Waals surface area contributed by atoms with Crippen LogP contribution in [0.2, 0.25) is 0 Å². The molecule has 1 aliphatic rings. The van der Waals surface area contributed by atoms with Crippen LogP contribution in [0, 0.1) is 9.87 Å². The third-order valence-electron chi connectivity index (χ3n) is 3.41. The molecule has 1 heterocycles. The first-order chi connectivity index (χ1) is 7.79. The van der Waals surface area contributed by atoms with Crippen LogP contribution in [-0.4, -0.2) is 16.2 Å². The molecule has 1 unspecified atom stereocenters. The monoisotopic (exact) mass is 257 g/mol. The molecule has 0 aromatic carbocycles. The second-order valence-electron chi connectivity index (χ2n) is 4.48. The smallest absolute Gasteiger partial charge is 0.204 e. The number of hydrogen-bond donors (Lipinski definition) is 2. The lowest BCUT2D eigenvalue weighted by atomic mass is 9.83. The van der Waals surface area contributed by atoms with Gasteiger partial charge in [0, 0.05) is 6.04 Å². The van der Waals surface area contributed by atoms with E-state index >= 15 is 0 Å². The molecule has 1 fully saturated rings. The van der Waals surface area contributed by atoms with Crippen LogP contribution in [0.1, 0.15) is 45.4 Å². The summed E-state index contributed by atoms with van der Waals surface area (Å²) in [4.78, 5) is 0. The highest BCUT2D eigenvalue weighted by molar-refractivity contribution is 7.73. The molecule has 5 heteroatoms. The Hall–Kier alpha value is -0.420. The summed E-state index contributed by atoms with van der Waals surface area (Å²) in [5, 5.41) is 11.5. The maximum atomic E-state index is 5.04. The summed E-state index contributed by atoms with van der Waals surface area (Å²) in [6, 6.07) is 0.564. The summed E-state index contributed by atoms with van der Waals surface area (Å²) in [5.41, 5.74) is 0. The minimum atomic E-state index is 0.564. The Morgan fingerprint density at radius 3 is 2.81 bits per heavy atom.